The highest BCUT2D eigenvalue weighted by Crippen LogP contribution is 2.22. The summed E-state index contributed by atoms with van der Waals surface area (Å²) < 4.78 is 5.38. The highest BCUT2D eigenvalue weighted by molar-refractivity contribution is 5.79. The zero-order valence-electron chi connectivity index (χ0n) is 17.9. The van der Waals surface area contributed by atoms with Gasteiger partial charge in [-0.2, -0.15) is 0 Å². The topological polar surface area (TPSA) is 53.1 Å². The quantitative estimate of drug-likeness (QED) is 0.736. The van der Waals surface area contributed by atoms with Crippen LogP contribution in [0.1, 0.15) is 44.1 Å². The number of methoxy groups -OCH3 is 1. The maximum atomic E-state index is 12.8. The van der Waals surface area contributed by atoms with E-state index in [1.807, 2.05) is 31.3 Å². The molecule has 1 aromatic rings. The Morgan fingerprint density at radius 3 is 2.34 bits per heavy atom. The molecule has 2 aliphatic heterocycles. The van der Waals surface area contributed by atoms with Crippen molar-refractivity contribution in [1.29, 1.82) is 0 Å². The average molecular weight is 402 g/mol. The molecule has 2 saturated heterocycles. The SMILES string of the molecule is COc1ccccc1CN(C)C(=O)CN1CCC(C(=O)N2CCCCCC2)CC1. The summed E-state index contributed by atoms with van der Waals surface area (Å²) in [6.45, 7) is 4.43. The van der Waals surface area contributed by atoms with Gasteiger partial charge < -0.3 is 14.5 Å². The van der Waals surface area contributed by atoms with Crippen LogP contribution in [0.15, 0.2) is 24.3 Å². The first-order chi connectivity index (χ1) is 14.1. The van der Waals surface area contributed by atoms with Crippen molar-refractivity contribution < 1.29 is 14.3 Å². The number of benzene rings is 1. The highest BCUT2D eigenvalue weighted by Gasteiger charge is 2.29. The lowest BCUT2D eigenvalue weighted by Gasteiger charge is -2.34. The Kier molecular flexibility index (Phi) is 7.92. The summed E-state index contributed by atoms with van der Waals surface area (Å²) in [6, 6.07) is 7.80. The van der Waals surface area contributed by atoms with Crippen LogP contribution < -0.4 is 4.74 Å². The Labute approximate surface area is 174 Å². The van der Waals surface area contributed by atoms with Gasteiger partial charge in [-0.15, -0.1) is 0 Å². The van der Waals surface area contributed by atoms with Crippen molar-refractivity contribution in [2.75, 3.05) is 46.9 Å². The van der Waals surface area contributed by atoms with Crippen LogP contribution in [0, 0.1) is 5.92 Å². The first-order valence-corrected chi connectivity index (χ1v) is 11.0. The van der Waals surface area contributed by atoms with E-state index in [2.05, 4.69) is 9.80 Å². The number of carbonyl (C=O) groups excluding carboxylic acids is 2. The molecule has 0 N–H and O–H groups in total. The monoisotopic (exact) mass is 401 g/mol. The lowest BCUT2D eigenvalue weighted by molar-refractivity contribution is -0.137. The summed E-state index contributed by atoms with van der Waals surface area (Å²) in [5, 5.41) is 0. The van der Waals surface area contributed by atoms with Crippen LogP contribution >= 0.6 is 0 Å². The molecule has 0 aromatic heterocycles. The zero-order chi connectivity index (χ0) is 20.6. The number of nitrogens with zero attached hydrogens (tertiary/aromatic N) is 3. The number of hydrogen-bond donors (Lipinski definition) is 0. The van der Waals surface area contributed by atoms with Gasteiger partial charge in [-0.3, -0.25) is 14.5 Å². The Hall–Kier alpha value is -2.08. The molecule has 2 aliphatic rings. The number of rotatable bonds is 6. The number of likely N-dealkylation sites (tertiary alicyclic amines) is 2. The minimum absolute atomic E-state index is 0.105. The molecule has 3 rings (SSSR count). The van der Waals surface area contributed by atoms with Crippen LogP contribution in [-0.2, 0) is 16.1 Å². The molecule has 0 unspecified atom stereocenters. The minimum Gasteiger partial charge on any atom is -0.496 e. The lowest BCUT2D eigenvalue weighted by Crippen LogP contribution is -2.45. The fourth-order valence-corrected chi connectivity index (χ4v) is 4.38. The third kappa shape index (κ3) is 5.95. The van der Waals surface area contributed by atoms with E-state index in [0.717, 1.165) is 63.2 Å². The molecule has 0 spiro atoms. The van der Waals surface area contributed by atoms with Crippen molar-refractivity contribution >= 4 is 11.8 Å². The van der Waals surface area contributed by atoms with Gasteiger partial charge in [0.2, 0.25) is 11.8 Å². The van der Waals surface area contributed by atoms with Crippen LogP contribution in [0.2, 0.25) is 0 Å². The number of hydrogen-bond acceptors (Lipinski definition) is 4. The van der Waals surface area contributed by atoms with Gasteiger partial charge in [-0.1, -0.05) is 31.0 Å². The predicted octanol–water partition coefficient (Wildman–Crippen LogP) is 2.77. The molecule has 0 radical (unpaired) electrons. The number of likely N-dealkylation sites (N-methyl/N-ethyl adjacent to an activating group) is 1. The van der Waals surface area contributed by atoms with Gasteiger partial charge in [-0.25, -0.2) is 0 Å². The number of para-hydroxylation sites is 1. The van der Waals surface area contributed by atoms with Crippen molar-refractivity contribution in [1.82, 2.24) is 14.7 Å². The average Bonchev–Trinajstić information content (AvgIpc) is 3.03. The standard InChI is InChI=1S/C23H35N3O3/c1-24(17-20-9-5-6-10-21(20)29-2)22(27)18-25-15-11-19(12-16-25)23(28)26-13-7-3-4-8-14-26/h5-6,9-10,19H,3-4,7-8,11-18H2,1-2H3. The summed E-state index contributed by atoms with van der Waals surface area (Å²) in [4.78, 5) is 31.5. The van der Waals surface area contributed by atoms with E-state index in [4.69, 9.17) is 4.74 Å². The highest BCUT2D eigenvalue weighted by atomic mass is 16.5. The molecular weight excluding hydrogens is 366 g/mol. The van der Waals surface area contributed by atoms with Gasteiger partial charge in [-0.05, 0) is 44.8 Å². The first kappa shape index (κ1) is 21.6. The van der Waals surface area contributed by atoms with E-state index in [1.165, 1.54) is 12.8 Å². The normalized spacial score (nSPS) is 18.9. The van der Waals surface area contributed by atoms with Gasteiger partial charge in [0.15, 0.2) is 0 Å². The van der Waals surface area contributed by atoms with Gasteiger partial charge in [0.05, 0.1) is 13.7 Å². The van der Waals surface area contributed by atoms with Crippen molar-refractivity contribution in [2.24, 2.45) is 5.92 Å². The van der Waals surface area contributed by atoms with Crippen LogP contribution in [0.3, 0.4) is 0 Å². The molecule has 2 fully saturated rings. The van der Waals surface area contributed by atoms with Crippen LogP contribution in [-0.4, -0.2) is 73.4 Å². The molecule has 29 heavy (non-hydrogen) atoms. The molecule has 0 aliphatic carbocycles. The molecule has 2 heterocycles. The third-order valence-corrected chi connectivity index (χ3v) is 6.24. The Morgan fingerprint density at radius 1 is 1.03 bits per heavy atom. The van der Waals surface area contributed by atoms with Gasteiger partial charge in [0.25, 0.3) is 0 Å². The maximum Gasteiger partial charge on any atom is 0.236 e. The summed E-state index contributed by atoms with van der Waals surface area (Å²) in [5.41, 5.74) is 1.01. The van der Waals surface area contributed by atoms with E-state index in [9.17, 15) is 9.59 Å². The summed E-state index contributed by atoms with van der Waals surface area (Å²) in [5.74, 6) is 1.38. The van der Waals surface area contributed by atoms with E-state index in [-0.39, 0.29) is 11.8 Å². The first-order valence-electron chi connectivity index (χ1n) is 11.0. The van der Waals surface area contributed by atoms with Crippen LogP contribution in [0.4, 0.5) is 0 Å². The van der Waals surface area contributed by atoms with Gasteiger partial charge in [0.1, 0.15) is 5.75 Å². The minimum atomic E-state index is 0.105. The number of piperidine rings is 1. The van der Waals surface area contributed by atoms with Crippen LogP contribution in [0.5, 0.6) is 5.75 Å². The fourth-order valence-electron chi connectivity index (χ4n) is 4.38. The molecular formula is C23H35N3O3. The second-order valence-corrected chi connectivity index (χ2v) is 8.35. The maximum absolute atomic E-state index is 12.8. The summed E-state index contributed by atoms with van der Waals surface area (Å²) in [6.07, 6.45) is 6.48. The van der Waals surface area contributed by atoms with E-state index in [0.29, 0.717) is 19.0 Å². The third-order valence-electron chi connectivity index (χ3n) is 6.24. The number of carbonyl (C=O) groups is 2. The second-order valence-electron chi connectivity index (χ2n) is 8.35. The van der Waals surface area contributed by atoms with Gasteiger partial charge >= 0.3 is 0 Å². The predicted molar refractivity (Wildman–Crippen MR) is 114 cm³/mol. The lowest BCUT2D eigenvalue weighted by atomic mass is 9.95. The van der Waals surface area contributed by atoms with Crippen molar-refractivity contribution in [3.05, 3.63) is 29.8 Å². The molecule has 0 bridgehead atoms. The van der Waals surface area contributed by atoms with E-state index >= 15 is 0 Å². The van der Waals surface area contributed by atoms with E-state index in [1.54, 1.807) is 12.0 Å². The Bertz CT molecular complexity index is 678. The van der Waals surface area contributed by atoms with Crippen molar-refractivity contribution in [3.8, 4) is 5.75 Å². The Morgan fingerprint density at radius 2 is 1.69 bits per heavy atom. The van der Waals surface area contributed by atoms with Crippen molar-refractivity contribution in [2.45, 2.75) is 45.1 Å². The fraction of sp³-hybridized carbons (Fsp3) is 0.652. The summed E-state index contributed by atoms with van der Waals surface area (Å²) >= 11 is 0. The molecule has 0 saturated carbocycles. The number of amides is 2. The molecule has 6 nitrogen and oxygen atoms in total. The second kappa shape index (κ2) is 10.6. The molecule has 1 aromatic carbocycles. The largest absolute Gasteiger partial charge is 0.496 e. The molecule has 6 heteroatoms. The zero-order valence-corrected chi connectivity index (χ0v) is 17.9. The van der Waals surface area contributed by atoms with Gasteiger partial charge in [0, 0.05) is 38.2 Å². The van der Waals surface area contributed by atoms with E-state index < -0.39 is 0 Å². The molecule has 0 atom stereocenters. The van der Waals surface area contributed by atoms with Crippen molar-refractivity contribution in [3.63, 3.8) is 0 Å². The molecule has 160 valence electrons. The smallest absolute Gasteiger partial charge is 0.236 e. The Balaban J connectivity index is 1.44. The molecule has 2 amide bonds. The van der Waals surface area contributed by atoms with Crippen LogP contribution in [0.25, 0.3) is 0 Å². The number of ether oxygens (including phenoxy) is 1. The summed E-state index contributed by atoms with van der Waals surface area (Å²) in [7, 11) is 3.49.